The van der Waals surface area contributed by atoms with Crippen molar-refractivity contribution >= 4 is 11.8 Å². The summed E-state index contributed by atoms with van der Waals surface area (Å²) in [4.78, 5) is 0. The van der Waals surface area contributed by atoms with Gasteiger partial charge in [-0.25, -0.2) is 0 Å². The molecule has 0 aromatic heterocycles. The van der Waals surface area contributed by atoms with Crippen molar-refractivity contribution in [3.05, 3.63) is 0 Å². The average Bonchev–Trinajstić information content (AvgIpc) is 2.42. The lowest BCUT2D eigenvalue weighted by Crippen LogP contribution is -2.31. The molecule has 1 unspecified atom stereocenters. The van der Waals surface area contributed by atoms with E-state index in [0.717, 1.165) is 31.7 Å². The largest absolute Gasteiger partial charge is 0.381 e. The second-order valence-corrected chi connectivity index (χ2v) is 6.57. The highest BCUT2D eigenvalue weighted by molar-refractivity contribution is 7.99. The summed E-state index contributed by atoms with van der Waals surface area (Å²) in [5.41, 5.74) is 0. The van der Waals surface area contributed by atoms with Crippen LogP contribution >= 0.6 is 11.8 Å². The van der Waals surface area contributed by atoms with Crippen LogP contribution in [0.5, 0.6) is 0 Å². The molecule has 1 fully saturated rings. The second kappa shape index (κ2) is 11.1. The molecule has 0 aromatic carbocycles. The predicted molar refractivity (Wildman–Crippen MR) is 82.5 cm³/mol. The van der Waals surface area contributed by atoms with Crippen LogP contribution in [0.2, 0.25) is 0 Å². The summed E-state index contributed by atoms with van der Waals surface area (Å²) >= 11 is 2.06. The van der Waals surface area contributed by atoms with Crippen molar-refractivity contribution in [2.45, 2.75) is 58.4 Å². The number of rotatable bonds is 10. The van der Waals surface area contributed by atoms with E-state index in [1.54, 1.807) is 0 Å². The molecule has 3 heteroatoms. The van der Waals surface area contributed by atoms with Crippen LogP contribution in [-0.4, -0.2) is 37.3 Å². The quantitative estimate of drug-likeness (QED) is 0.613. The molecule has 1 heterocycles. The highest BCUT2D eigenvalue weighted by Crippen LogP contribution is 2.21. The summed E-state index contributed by atoms with van der Waals surface area (Å²) in [6, 6.07) is 0.731. The zero-order chi connectivity index (χ0) is 13.1. The predicted octanol–water partition coefficient (Wildman–Crippen LogP) is 3.70. The van der Waals surface area contributed by atoms with Crippen LogP contribution < -0.4 is 5.32 Å². The molecule has 18 heavy (non-hydrogen) atoms. The summed E-state index contributed by atoms with van der Waals surface area (Å²) in [5, 5.41) is 3.62. The van der Waals surface area contributed by atoms with Crippen molar-refractivity contribution < 1.29 is 4.74 Å². The van der Waals surface area contributed by atoms with Gasteiger partial charge in [-0.2, -0.15) is 11.8 Å². The molecule has 1 rings (SSSR count). The van der Waals surface area contributed by atoms with Gasteiger partial charge in [0.25, 0.3) is 0 Å². The molecule has 0 bridgehead atoms. The fraction of sp³-hybridized carbons (Fsp3) is 1.00. The van der Waals surface area contributed by atoms with Crippen LogP contribution in [0.25, 0.3) is 0 Å². The van der Waals surface area contributed by atoms with Crippen molar-refractivity contribution in [2.75, 3.05) is 31.3 Å². The van der Waals surface area contributed by atoms with Gasteiger partial charge in [-0.1, -0.05) is 33.1 Å². The Morgan fingerprint density at radius 1 is 1.22 bits per heavy atom. The monoisotopic (exact) mass is 273 g/mol. The van der Waals surface area contributed by atoms with Gasteiger partial charge < -0.3 is 10.1 Å². The minimum atomic E-state index is 0.731. The highest BCUT2D eigenvalue weighted by Gasteiger charge is 2.13. The maximum absolute atomic E-state index is 5.41. The molecule has 0 radical (unpaired) electrons. The molecular weight excluding hydrogens is 242 g/mol. The summed E-state index contributed by atoms with van der Waals surface area (Å²) < 4.78 is 5.41. The first-order valence-electron chi connectivity index (χ1n) is 7.75. The van der Waals surface area contributed by atoms with Crippen molar-refractivity contribution in [2.24, 2.45) is 5.92 Å². The van der Waals surface area contributed by atoms with E-state index in [-0.39, 0.29) is 0 Å². The van der Waals surface area contributed by atoms with Crippen LogP contribution in [0.1, 0.15) is 52.4 Å². The molecule has 0 aliphatic carbocycles. The van der Waals surface area contributed by atoms with E-state index >= 15 is 0 Å². The third-order valence-electron chi connectivity index (χ3n) is 3.77. The molecule has 1 aliphatic rings. The van der Waals surface area contributed by atoms with Gasteiger partial charge in [-0.3, -0.25) is 0 Å². The Hall–Kier alpha value is 0.270. The first-order chi connectivity index (χ1) is 8.86. The van der Waals surface area contributed by atoms with Crippen LogP contribution in [0, 0.1) is 5.92 Å². The van der Waals surface area contributed by atoms with Gasteiger partial charge in [-0.05, 0) is 37.5 Å². The molecular formula is C15H31NOS. The highest BCUT2D eigenvalue weighted by atomic mass is 32.2. The normalized spacial score (nSPS) is 19.0. The average molecular weight is 273 g/mol. The fourth-order valence-electron chi connectivity index (χ4n) is 2.65. The van der Waals surface area contributed by atoms with Crippen LogP contribution in [0.4, 0.5) is 0 Å². The Morgan fingerprint density at radius 2 is 2.00 bits per heavy atom. The number of thioether (sulfide) groups is 1. The van der Waals surface area contributed by atoms with Gasteiger partial charge in [0.15, 0.2) is 0 Å². The summed E-state index contributed by atoms with van der Waals surface area (Å²) in [5.74, 6) is 3.47. The number of unbranched alkanes of at least 4 members (excludes halogenated alkanes) is 1. The van der Waals surface area contributed by atoms with Crippen molar-refractivity contribution in [3.63, 3.8) is 0 Å². The second-order valence-electron chi connectivity index (χ2n) is 5.25. The third kappa shape index (κ3) is 7.65. The van der Waals surface area contributed by atoms with E-state index in [4.69, 9.17) is 4.74 Å². The molecule has 1 N–H and O–H groups in total. The molecule has 1 saturated heterocycles. The molecule has 0 aromatic rings. The van der Waals surface area contributed by atoms with E-state index in [0.29, 0.717) is 0 Å². The SMILES string of the molecule is CCNC(CCCCC1CCOCC1)CSCC. The molecule has 0 spiro atoms. The van der Waals surface area contributed by atoms with Crippen molar-refractivity contribution in [1.29, 1.82) is 0 Å². The van der Waals surface area contributed by atoms with Gasteiger partial charge in [0.1, 0.15) is 0 Å². The number of nitrogens with one attached hydrogen (secondary N) is 1. The Kier molecular flexibility index (Phi) is 10.1. The Bertz CT molecular complexity index is 183. The van der Waals surface area contributed by atoms with Gasteiger partial charge in [0.2, 0.25) is 0 Å². The zero-order valence-electron chi connectivity index (χ0n) is 12.2. The number of hydrogen-bond acceptors (Lipinski definition) is 3. The topological polar surface area (TPSA) is 21.3 Å². The Labute approximate surface area is 118 Å². The molecule has 0 saturated carbocycles. The number of ether oxygens (including phenoxy) is 1. The molecule has 0 amide bonds. The molecule has 1 atom stereocenters. The van der Waals surface area contributed by atoms with Crippen LogP contribution in [0.15, 0.2) is 0 Å². The fourth-order valence-corrected chi connectivity index (χ4v) is 3.46. The summed E-state index contributed by atoms with van der Waals surface area (Å²) in [7, 11) is 0. The summed E-state index contributed by atoms with van der Waals surface area (Å²) in [6.45, 7) is 7.56. The maximum Gasteiger partial charge on any atom is 0.0468 e. The lowest BCUT2D eigenvalue weighted by atomic mass is 9.93. The first-order valence-corrected chi connectivity index (χ1v) is 8.91. The standard InChI is InChI=1S/C15H31NOS/c1-3-16-15(13-18-4-2)8-6-5-7-14-9-11-17-12-10-14/h14-16H,3-13H2,1-2H3. The Morgan fingerprint density at radius 3 is 2.67 bits per heavy atom. The minimum Gasteiger partial charge on any atom is -0.381 e. The molecule has 1 aliphatic heterocycles. The van der Waals surface area contributed by atoms with Crippen LogP contribution in [-0.2, 0) is 4.74 Å². The third-order valence-corrected chi connectivity index (χ3v) is 4.82. The lowest BCUT2D eigenvalue weighted by molar-refractivity contribution is 0.0630. The molecule has 2 nitrogen and oxygen atoms in total. The van der Waals surface area contributed by atoms with Gasteiger partial charge >= 0.3 is 0 Å². The van der Waals surface area contributed by atoms with E-state index in [2.05, 4.69) is 30.9 Å². The smallest absolute Gasteiger partial charge is 0.0468 e. The minimum absolute atomic E-state index is 0.731. The van der Waals surface area contributed by atoms with E-state index in [1.807, 2.05) is 0 Å². The first kappa shape index (κ1) is 16.3. The van der Waals surface area contributed by atoms with Gasteiger partial charge in [0.05, 0.1) is 0 Å². The zero-order valence-corrected chi connectivity index (χ0v) is 13.1. The van der Waals surface area contributed by atoms with Gasteiger partial charge in [-0.15, -0.1) is 0 Å². The van der Waals surface area contributed by atoms with Crippen molar-refractivity contribution in [1.82, 2.24) is 5.32 Å². The lowest BCUT2D eigenvalue weighted by Gasteiger charge is -2.22. The summed E-state index contributed by atoms with van der Waals surface area (Å²) in [6.07, 6.45) is 8.15. The van der Waals surface area contributed by atoms with Crippen molar-refractivity contribution in [3.8, 4) is 0 Å². The Balaban J connectivity index is 2.02. The maximum atomic E-state index is 5.41. The van der Waals surface area contributed by atoms with E-state index in [1.165, 1.54) is 50.0 Å². The van der Waals surface area contributed by atoms with E-state index < -0.39 is 0 Å². The van der Waals surface area contributed by atoms with E-state index in [9.17, 15) is 0 Å². The molecule has 108 valence electrons. The number of hydrogen-bond donors (Lipinski definition) is 1. The van der Waals surface area contributed by atoms with Crippen LogP contribution in [0.3, 0.4) is 0 Å². The van der Waals surface area contributed by atoms with Gasteiger partial charge in [0, 0.05) is 25.0 Å².